The first-order valence-corrected chi connectivity index (χ1v) is 10.2. The Morgan fingerprint density at radius 3 is 2.54 bits per heavy atom. The zero-order valence-electron chi connectivity index (χ0n) is 16.5. The monoisotopic (exact) mass is 399 g/mol. The maximum atomic E-state index is 5.93. The fourth-order valence-electron chi connectivity index (χ4n) is 4.11. The van der Waals surface area contributed by atoms with Crippen LogP contribution in [0.1, 0.15) is 44.1 Å². The van der Waals surface area contributed by atoms with Gasteiger partial charge in [0.25, 0.3) is 0 Å². The SMILES string of the molecule is Cc1c(-c2ccc(OCCNC3CCCCCC3)cc2)ccc2[nH]cnc12.Cl. The molecule has 1 saturated carbocycles. The fraction of sp³-hybridized carbons (Fsp3) is 0.435. The van der Waals surface area contributed by atoms with E-state index >= 15 is 0 Å². The number of hydrogen-bond acceptors (Lipinski definition) is 3. The van der Waals surface area contributed by atoms with E-state index in [9.17, 15) is 0 Å². The summed E-state index contributed by atoms with van der Waals surface area (Å²) in [5, 5.41) is 3.66. The van der Waals surface area contributed by atoms with Crippen LogP contribution in [0, 0.1) is 6.92 Å². The van der Waals surface area contributed by atoms with Crippen LogP contribution < -0.4 is 10.1 Å². The molecule has 2 N–H and O–H groups in total. The van der Waals surface area contributed by atoms with Crippen molar-refractivity contribution in [1.29, 1.82) is 0 Å². The lowest BCUT2D eigenvalue weighted by atomic mass is 9.99. The van der Waals surface area contributed by atoms with Crippen LogP contribution in [0.25, 0.3) is 22.2 Å². The van der Waals surface area contributed by atoms with E-state index in [0.29, 0.717) is 12.6 Å². The highest BCUT2D eigenvalue weighted by molar-refractivity contribution is 5.86. The third-order valence-electron chi connectivity index (χ3n) is 5.67. The van der Waals surface area contributed by atoms with Gasteiger partial charge in [-0.05, 0) is 54.7 Å². The molecule has 1 fully saturated rings. The average molecular weight is 400 g/mol. The van der Waals surface area contributed by atoms with Gasteiger partial charge in [0.05, 0.1) is 17.4 Å². The molecule has 0 atom stereocenters. The Kier molecular flexibility index (Phi) is 7.35. The van der Waals surface area contributed by atoms with Crippen LogP contribution in [-0.2, 0) is 0 Å². The quantitative estimate of drug-likeness (QED) is 0.416. The second-order valence-electron chi connectivity index (χ2n) is 7.55. The van der Waals surface area contributed by atoms with Gasteiger partial charge in [-0.3, -0.25) is 0 Å². The molecule has 28 heavy (non-hydrogen) atoms. The van der Waals surface area contributed by atoms with Crippen molar-refractivity contribution in [2.45, 2.75) is 51.5 Å². The molecule has 1 aliphatic carbocycles. The number of nitrogens with zero attached hydrogens (tertiary/aromatic N) is 1. The smallest absolute Gasteiger partial charge is 0.119 e. The second-order valence-corrected chi connectivity index (χ2v) is 7.55. The number of imidazole rings is 1. The fourth-order valence-corrected chi connectivity index (χ4v) is 4.11. The summed E-state index contributed by atoms with van der Waals surface area (Å²) in [6.07, 6.45) is 9.90. The summed E-state index contributed by atoms with van der Waals surface area (Å²) in [6.45, 7) is 3.76. The number of ether oxygens (including phenoxy) is 1. The summed E-state index contributed by atoms with van der Waals surface area (Å²) < 4.78 is 5.93. The van der Waals surface area contributed by atoms with Crippen molar-refractivity contribution >= 4 is 23.4 Å². The minimum Gasteiger partial charge on any atom is -0.492 e. The number of benzene rings is 2. The van der Waals surface area contributed by atoms with E-state index in [4.69, 9.17) is 4.74 Å². The highest BCUT2D eigenvalue weighted by Crippen LogP contribution is 2.29. The largest absolute Gasteiger partial charge is 0.492 e. The van der Waals surface area contributed by atoms with Gasteiger partial charge in [-0.15, -0.1) is 12.4 Å². The maximum absolute atomic E-state index is 5.93. The van der Waals surface area contributed by atoms with E-state index in [1.807, 2.05) is 0 Å². The number of aromatic amines is 1. The Morgan fingerprint density at radius 1 is 1.04 bits per heavy atom. The molecule has 1 aliphatic rings. The Morgan fingerprint density at radius 2 is 1.79 bits per heavy atom. The van der Waals surface area contributed by atoms with Gasteiger partial charge in [0.1, 0.15) is 12.4 Å². The predicted octanol–water partition coefficient (Wildman–Crippen LogP) is 5.65. The molecule has 0 radical (unpaired) electrons. The summed E-state index contributed by atoms with van der Waals surface area (Å²) >= 11 is 0. The first kappa shape index (κ1) is 20.7. The van der Waals surface area contributed by atoms with Gasteiger partial charge in [0, 0.05) is 12.6 Å². The molecule has 0 spiro atoms. The highest BCUT2D eigenvalue weighted by atomic mass is 35.5. The highest BCUT2D eigenvalue weighted by Gasteiger charge is 2.11. The van der Waals surface area contributed by atoms with Crippen LogP contribution in [0.4, 0.5) is 0 Å². The Labute approximate surface area is 173 Å². The molecule has 1 heterocycles. The number of rotatable bonds is 6. The van der Waals surface area contributed by atoms with Crippen molar-refractivity contribution in [3.05, 3.63) is 48.3 Å². The topological polar surface area (TPSA) is 49.9 Å². The van der Waals surface area contributed by atoms with Crippen molar-refractivity contribution < 1.29 is 4.74 Å². The molecular formula is C23H30ClN3O. The van der Waals surface area contributed by atoms with Crippen LogP contribution in [0.5, 0.6) is 5.75 Å². The Bertz CT molecular complexity index is 867. The number of nitrogens with one attached hydrogen (secondary N) is 2. The minimum absolute atomic E-state index is 0. The first-order valence-electron chi connectivity index (χ1n) is 10.2. The van der Waals surface area contributed by atoms with Crippen LogP contribution >= 0.6 is 12.4 Å². The van der Waals surface area contributed by atoms with Crippen LogP contribution in [0.2, 0.25) is 0 Å². The first-order chi connectivity index (χ1) is 13.3. The number of hydrogen-bond donors (Lipinski definition) is 2. The van der Waals surface area contributed by atoms with E-state index in [-0.39, 0.29) is 12.4 Å². The zero-order valence-corrected chi connectivity index (χ0v) is 17.4. The zero-order chi connectivity index (χ0) is 18.5. The standard InChI is InChI=1S/C23H29N3O.ClH/c1-17-21(12-13-22-23(17)26-16-25-22)18-8-10-20(11-9-18)27-15-14-24-19-6-4-2-3-5-7-19;/h8-13,16,19,24H,2-7,14-15H2,1H3,(H,25,26);1H. The summed E-state index contributed by atoms with van der Waals surface area (Å²) in [5.74, 6) is 0.930. The van der Waals surface area contributed by atoms with Crippen molar-refractivity contribution in [2.75, 3.05) is 13.2 Å². The number of aryl methyl sites for hydroxylation is 1. The summed E-state index contributed by atoms with van der Waals surface area (Å²) in [4.78, 5) is 7.60. The molecule has 0 amide bonds. The molecule has 0 aliphatic heterocycles. The second kappa shape index (κ2) is 9.94. The molecule has 5 heteroatoms. The molecule has 4 nitrogen and oxygen atoms in total. The number of H-pyrrole nitrogens is 1. The van der Waals surface area contributed by atoms with Crippen LogP contribution in [0.3, 0.4) is 0 Å². The third kappa shape index (κ3) is 4.86. The third-order valence-corrected chi connectivity index (χ3v) is 5.67. The van der Waals surface area contributed by atoms with Gasteiger partial charge in [-0.2, -0.15) is 0 Å². The van der Waals surface area contributed by atoms with E-state index in [1.54, 1.807) is 6.33 Å². The molecular weight excluding hydrogens is 370 g/mol. The number of fused-ring (bicyclic) bond motifs is 1. The van der Waals surface area contributed by atoms with E-state index in [2.05, 4.69) is 58.6 Å². The van der Waals surface area contributed by atoms with E-state index < -0.39 is 0 Å². The number of aromatic nitrogens is 2. The van der Waals surface area contributed by atoms with Crippen molar-refractivity contribution in [3.8, 4) is 16.9 Å². The van der Waals surface area contributed by atoms with Gasteiger partial charge >= 0.3 is 0 Å². The normalized spacial score (nSPS) is 15.2. The molecule has 0 saturated heterocycles. The van der Waals surface area contributed by atoms with E-state index in [1.165, 1.54) is 55.2 Å². The number of halogens is 1. The lowest BCUT2D eigenvalue weighted by molar-refractivity contribution is 0.300. The van der Waals surface area contributed by atoms with Crippen molar-refractivity contribution in [3.63, 3.8) is 0 Å². The van der Waals surface area contributed by atoms with Crippen LogP contribution in [-0.4, -0.2) is 29.2 Å². The molecule has 0 bridgehead atoms. The van der Waals surface area contributed by atoms with Gasteiger partial charge in [-0.25, -0.2) is 4.98 Å². The lowest BCUT2D eigenvalue weighted by Crippen LogP contribution is -2.32. The summed E-state index contributed by atoms with van der Waals surface area (Å²) in [5.41, 5.74) is 5.74. The lowest BCUT2D eigenvalue weighted by Gasteiger charge is -2.16. The van der Waals surface area contributed by atoms with Gasteiger partial charge in [0.15, 0.2) is 0 Å². The summed E-state index contributed by atoms with van der Waals surface area (Å²) in [7, 11) is 0. The Hall–Kier alpha value is -2.04. The van der Waals surface area contributed by atoms with Crippen LogP contribution in [0.15, 0.2) is 42.7 Å². The van der Waals surface area contributed by atoms with Gasteiger partial charge in [0.2, 0.25) is 0 Å². The molecule has 2 aromatic carbocycles. The van der Waals surface area contributed by atoms with Gasteiger partial charge in [-0.1, -0.05) is 43.9 Å². The molecule has 1 aromatic heterocycles. The van der Waals surface area contributed by atoms with E-state index in [0.717, 1.165) is 23.3 Å². The molecule has 0 unspecified atom stereocenters. The maximum Gasteiger partial charge on any atom is 0.119 e. The molecule has 4 rings (SSSR count). The average Bonchev–Trinajstić information content (AvgIpc) is 3.03. The molecule has 150 valence electrons. The van der Waals surface area contributed by atoms with Gasteiger partial charge < -0.3 is 15.0 Å². The van der Waals surface area contributed by atoms with Crippen molar-refractivity contribution in [1.82, 2.24) is 15.3 Å². The van der Waals surface area contributed by atoms with Crippen molar-refractivity contribution in [2.24, 2.45) is 0 Å². The molecule has 3 aromatic rings. The minimum atomic E-state index is 0. The Balaban J connectivity index is 0.00000225. The predicted molar refractivity (Wildman–Crippen MR) is 119 cm³/mol. The summed E-state index contributed by atoms with van der Waals surface area (Å²) in [6, 6.07) is 13.3.